The van der Waals surface area contributed by atoms with Gasteiger partial charge in [-0.15, -0.1) is 0 Å². The third-order valence-corrected chi connectivity index (χ3v) is 5.93. The minimum atomic E-state index is -0.123. The lowest BCUT2D eigenvalue weighted by Gasteiger charge is -2.12. The maximum atomic E-state index is 13.1. The molecule has 4 aromatic rings. The van der Waals surface area contributed by atoms with E-state index in [0.717, 1.165) is 50.7 Å². The summed E-state index contributed by atoms with van der Waals surface area (Å²) in [6.45, 7) is 2.06. The van der Waals surface area contributed by atoms with E-state index in [1.807, 2.05) is 58.9 Å². The lowest BCUT2D eigenvalue weighted by atomic mass is 10.1. The highest BCUT2D eigenvalue weighted by Crippen LogP contribution is 2.37. The van der Waals surface area contributed by atoms with Crippen molar-refractivity contribution in [3.05, 3.63) is 77.1 Å². The third-order valence-electron chi connectivity index (χ3n) is 4.96. The molecule has 2 aromatic heterocycles. The summed E-state index contributed by atoms with van der Waals surface area (Å²) in [5, 5.41) is 8.85. The first-order chi connectivity index (χ1) is 13.2. The highest BCUT2D eigenvalue weighted by molar-refractivity contribution is 7.98. The number of H-pyrrole nitrogens is 1. The molecule has 0 spiro atoms. The molecule has 0 unspecified atom stereocenters. The molecule has 27 heavy (non-hydrogen) atoms. The van der Waals surface area contributed by atoms with Crippen molar-refractivity contribution in [3.8, 4) is 5.69 Å². The second kappa shape index (κ2) is 6.32. The average Bonchev–Trinajstić information content (AvgIpc) is 3.38. The summed E-state index contributed by atoms with van der Waals surface area (Å²) in [5.41, 5.74) is 5.88. The van der Waals surface area contributed by atoms with Crippen molar-refractivity contribution in [1.82, 2.24) is 14.8 Å². The number of carbonyl (C=O) groups excluding carboxylic acids is 1. The predicted molar refractivity (Wildman–Crippen MR) is 110 cm³/mol. The van der Waals surface area contributed by atoms with Gasteiger partial charge in [-0.3, -0.25) is 4.79 Å². The van der Waals surface area contributed by atoms with Gasteiger partial charge in [-0.1, -0.05) is 36.4 Å². The molecule has 0 saturated carbocycles. The predicted octanol–water partition coefficient (Wildman–Crippen LogP) is 4.66. The molecule has 0 fully saturated rings. The van der Waals surface area contributed by atoms with E-state index >= 15 is 0 Å². The molecule has 6 heteroatoms. The van der Waals surface area contributed by atoms with E-state index in [1.165, 1.54) is 0 Å². The van der Waals surface area contributed by atoms with Crippen LogP contribution < -0.4 is 5.32 Å². The van der Waals surface area contributed by atoms with Crippen LogP contribution in [0.25, 0.3) is 16.6 Å². The summed E-state index contributed by atoms with van der Waals surface area (Å²) >= 11 is 1.83. The Labute approximate surface area is 160 Å². The van der Waals surface area contributed by atoms with E-state index in [1.54, 1.807) is 6.20 Å². The van der Waals surface area contributed by atoms with Crippen LogP contribution in [-0.4, -0.2) is 20.7 Å². The van der Waals surface area contributed by atoms with Crippen molar-refractivity contribution < 1.29 is 4.79 Å². The number of nitrogens with zero attached hydrogens (tertiary/aromatic N) is 2. The number of rotatable bonds is 3. The third kappa shape index (κ3) is 2.64. The number of aromatic nitrogens is 3. The van der Waals surface area contributed by atoms with Gasteiger partial charge < -0.3 is 10.3 Å². The maximum Gasteiger partial charge on any atom is 0.258 e. The molecular formula is C21H18N4OS. The molecule has 0 radical (unpaired) electrons. The van der Waals surface area contributed by atoms with Crippen LogP contribution in [0.5, 0.6) is 0 Å². The number of fused-ring (bicyclic) bond motifs is 2. The van der Waals surface area contributed by atoms with Gasteiger partial charge in [-0.05, 0) is 24.6 Å². The number of aryl methyl sites for hydroxylation is 1. The van der Waals surface area contributed by atoms with E-state index in [4.69, 9.17) is 5.10 Å². The zero-order valence-electron chi connectivity index (χ0n) is 14.8. The first-order valence-electron chi connectivity index (χ1n) is 8.84. The van der Waals surface area contributed by atoms with Crippen LogP contribution in [0.3, 0.4) is 0 Å². The summed E-state index contributed by atoms with van der Waals surface area (Å²) in [6.07, 6.45) is 1.77. The molecule has 3 heterocycles. The lowest BCUT2D eigenvalue weighted by Crippen LogP contribution is -2.16. The van der Waals surface area contributed by atoms with Crippen LogP contribution >= 0.6 is 11.8 Å². The summed E-state index contributed by atoms with van der Waals surface area (Å²) < 4.78 is 1.88. The summed E-state index contributed by atoms with van der Waals surface area (Å²) in [6, 6.07) is 15.9. The number of hydrogen-bond acceptors (Lipinski definition) is 3. The molecule has 0 atom stereocenters. The summed E-state index contributed by atoms with van der Waals surface area (Å²) in [7, 11) is 0. The van der Waals surface area contributed by atoms with Gasteiger partial charge >= 0.3 is 0 Å². The fraction of sp³-hybridized carbons (Fsp3) is 0.143. The first kappa shape index (κ1) is 16.2. The number of para-hydroxylation sites is 2. The number of benzene rings is 2. The minimum absolute atomic E-state index is 0.123. The number of aromatic amines is 1. The number of carbonyl (C=O) groups is 1. The molecule has 5 nitrogen and oxygen atoms in total. The van der Waals surface area contributed by atoms with Gasteiger partial charge in [-0.25, -0.2) is 4.68 Å². The van der Waals surface area contributed by atoms with Gasteiger partial charge in [0.25, 0.3) is 5.91 Å². The highest BCUT2D eigenvalue weighted by Gasteiger charge is 2.26. The SMILES string of the molecule is Cc1ccccc1-n1nc2c(c1NC(=O)c1c[nH]c3ccccc13)CSC2. The standard InChI is InChI=1S/C21H18N4OS/c1-13-6-2-5-9-19(13)25-20(16-11-27-12-18(16)24-25)23-21(26)15-10-22-17-8-4-3-7-14(15)17/h2-10,22H,11-12H2,1H3,(H,23,26). The quantitative estimate of drug-likeness (QED) is 0.548. The molecule has 2 aromatic carbocycles. The average molecular weight is 374 g/mol. The number of nitrogens with one attached hydrogen (secondary N) is 2. The van der Waals surface area contributed by atoms with Crippen molar-refractivity contribution in [2.45, 2.75) is 18.4 Å². The van der Waals surface area contributed by atoms with Crippen molar-refractivity contribution in [2.24, 2.45) is 0 Å². The van der Waals surface area contributed by atoms with Gasteiger partial charge in [0.15, 0.2) is 0 Å². The van der Waals surface area contributed by atoms with E-state index in [2.05, 4.69) is 23.3 Å². The Balaban J connectivity index is 1.59. The Morgan fingerprint density at radius 1 is 1.15 bits per heavy atom. The lowest BCUT2D eigenvalue weighted by molar-refractivity contribution is 0.102. The van der Waals surface area contributed by atoms with Crippen molar-refractivity contribution >= 4 is 34.4 Å². The molecule has 2 N–H and O–H groups in total. The molecule has 0 bridgehead atoms. The molecule has 0 aliphatic carbocycles. The van der Waals surface area contributed by atoms with Gasteiger partial charge in [0.1, 0.15) is 5.82 Å². The molecule has 0 saturated heterocycles. The van der Waals surface area contributed by atoms with Crippen molar-refractivity contribution in [1.29, 1.82) is 0 Å². The van der Waals surface area contributed by atoms with Crippen LogP contribution in [0.2, 0.25) is 0 Å². The Bertz CT molecular complexity index is 1170. The van der Waals surface area contributed by atoms with Gasteiger partial charge in [0.05, 0.1) is 16.9 Å². The van der Waals surface area contributed by atoms with Gasteiger partial charge in [0, 0.05) is 34.2 Å². The van der Waals surface area contributed by atoms with Crippen molar-refractivity contribution in [2.75, 3.05) is 5.32 Å². The van der Waals surface area contributed by atoms with Crippen LogP contribution in [0, 0.1) is 6.92 Å². The van der Waals surface area contributed by atoms with Crippen LogP contribution in [0.15, 0.2) is 54.7 Å². The topological polar surface area (TPSA) is 62.7 Å². The molecule has 1 aliphatic rings. The Morgan fingerprint density at radius 3 is 2.85 bits per heavy atom. The van der Waals surface area contributed by atoms with E-state index in [9.17, 15) is 4.79 Å². The van der Waals surface area contributed by atoms with Gasteiger partial charge in [0.2, 0.25) is 0 Å². The minimum Gasteiger partial charge on any atom is -0.360 e. The van der Waals surface area contributed by atoms with Crippen LogP contribution in [0.1, 0.15) is 27.2 Å². The largest absolute Gasteiger partial charge is 0.360 e. The van der Waals surface area contributed by atoms with E-state index in [-0.39, 0.29) is 5.91 Å². The Morgan fingerprint density at radius 2 is 1.96 bits per heavy atom. The fourth-order valence-electron chi connectivity index (χ4n) is 3.55. The number of anilines is 1. The Hall–Kier alpha value is -2.99. The molecule has 5 rings (SSSR count). The second-order valence-electron chi connectivity index (χ2n) is 6.67. The van der Waals surface area contributed by atoms with Crippen LogP contribution in [-0.2, 0) is 11.5 Å². The van der Waals surface area contributed by atoms with Crippen LogP contribution in [0.4, 0.5) is 5.82 Å². The summed E-state index contributed by atoms with van der Waals surface area (Å²) in [5.74, 6) is 2.40. The fourth-order valence-corrected chi connectivity index (χ4v) is 4.59. The molecule has 1 aliphatic heterocycles. The zero-order chi connectivity index (χ0) is 18.4. The Kier molecular flexibility index (Phi) is 3.79. The van der Waals surface area contributed by atoms with E-state index in [0.29, 0.717) is 5.56 Å². The number of hydrogen-bond donors (Lipinski definition) is 2. The van der Waals surface area contributed by atoms with E-state index < -0.39 is 0 Å². The molecule has 1 amide bonds. The molecular weight excluding hydrogens is 356 g/mol. The highest BCUT2D eigenvalue weighted by atomic mass is 32.2. The zero-order valence-corrected chi connectivity index (χ0v) is 15.6. The maximum absolute atomic E-state index is 13.1. The first-order valence-corrected chi connectivity index (χ1v) is 10.00. The normalized spacial score (nSPS) is 13.1. The summed E-state index contributed by atoms with van der Waals surface area (Å²) in [4.78, 5) is 16.2. The smallest absolute Gasteiger partial charge is 0.258 e. The molecule has 134 valence electrons. The van der Waals surface area contributed by atoms with Gasteiger partial charge in [-0.2, -0.15) is 16.9 Å². The number of amides is 1. The monoisotopic (exact) mass is 374 g/mol. The van der Waals surface area contributed by atoms with Crippen molar-refractivity contribution in [3.63, 3.8) is 0 Å². The second-order valence-corrected chi connectivity index (χ2v) is 7.65. The number of thioether (sulfide) groups is 1.